The summed E-state index contributed by atoms with van der Waals surface area (Å²) >= 11 is 0. The number of hydrogen-bond acceptors (Lipinski definition) is 2. The van der Waals surface area contributed by atoms with Gasteiger partial charge >= 0.3 is 0 Å². The molecule has 0 saturated heterocycles. The van der Waals surface area contributed by atoms with Crippen molar-refractivity contribution in [1.29, 1.82) is 0 Å². The van der Waals surface area contributed by atoms with Gasteiger partial charge in [-0.3, -0.25) is 4.79 Å². The Morgan fingerprint density at radius 2 is 2.00 bits per heavy atom. The summed E-state index contributed by atoms with van der Waals surface area (Å²) in [5.41, 5.74) is 0. The molecule has 1 fully saturated rings. The van der Waals surface area contributed by atoms with Gasteiger partial charge in [-0.2, -0.15) is 0 Å². The fourth-order valence-corrected chi connectivity index (χ4v) is 2.04. The number of likely N-dealkylation sites (N-methyl/N-ethyl adjacent to an activating group) is 1. The molecule has 1 aliphatic carbocycles. The predicted molar refractivity (Wildman–Crippen MR) is 58.1 cm³/mol. The maximum absolute atomic E-state index is 11.2. The molecule has 0 aromatic carbocycles. The maximum Gasteiger partial charge on any atom is 0.236 e. The van der Waals surface area contributed by atoms with E-state index in [-0.39, 0.29) is 11.9 Å². The van der Waals surface area contributed by atoms with Crippen molar-refractivity contribution in [1.82, 2.24) is 10.6 Å². The molecule has 1 amide bonds. The molecule has 0 aromatic heterocycles. The monoisotopic (exact) mass is 198 g/mol. The molecule has 2 N–H and O–H groups in total. The van der Waals surface area contributed by atoms with Gasteiger partial charge in [0.25, 0.3) is 0 Å². The topological polar surface area (TPSA) is 41.1 Å². The molecule has 14 heavy (non-hydrogen) atoms. The molecule has 0 aliphatic heterocycles. The Bertz CT molecular complexity index is 176. The van der Waals surface area contributed by atoms with Gasteiger partial charge in [0.05, 0.1) is 6.04 Å². The standard InChI is InChI=1S/C11H22N2O/c1-9(11(14)12-2)13-8-10-6-4-3-5-7-10/h9-10,13H,3-8H2,1-2H3,(H,12,14)/t9-/m1/s1. The molecule has 0 aromatic rings. The normalized spacial score (nSPS) is 20.4. The van der Waals surface area contributed by atoms with Crippen molar-refractivity contribution in [2.75, 3.05) is 13.6 Å². The summed E-state index contributed by atoms with van der Waals surface area (Å²) in [5.74, 6) is 0.872. The van der Waals surface area contributed by atoms with Crippen LogP contribution in [0.5, 0.6) is 0 Å². The highest BCUT2D eigenvalue weighted by Crippen LogP contribution is 2.22. The molecule has 1 saturated carbocycles. The highest BCUT2D eigenvalue weighted by molar-refractivity contribution is 5.80. The van der Waals surface area contributed by atoms with Crippen LogP contribution < -0.4 is 10.6 Å². The van der Waals surface area contributed by atoms with Crippen LogP contribution in [0.4, 0.5) is 0 Å². The SMILES string of the molecule is CNC(=O)[C@@H](C)NCC1CCCCC1. The Morgan fingerprint density at radius 3 is 2.57 bits per heavy atom. The van der Waals surface area contributed by atoms with Crippen molar-refractivity contribution in [2.24, 2.45) is 5.92 Å². The number of carbonyl (C=O) groups excluding carboxylic acids is 1. The Balaban J connectivity index is 2.15. The maximum atomic E-state index is 11.2. The molecule has 1 atom stereocenters. The van der Waals surface area contributed by atoms with E-state index in [1.807, 2.05) is 6.92 Å². The molecule has 1 rings (SSSR count). The summed E-state index contributed by atoms with van der Waals surface area (Å²) in [6.45, 7) is 2.91. The van der Waals surface area contributed by atoms with E-state index in [4.69, 9.17) is 0 Å². The Labute approximate surface area is 86.6 Å². The van der Waals surface area contributed by atoms with Crippen molar-refractivity contribution in [3.8, 4) is 0 Å². The fourth-order valence-electron chi connectivity index (χ4n) is 2.04. The Morgan fingerprint density at radius 1 is 1.36 bits per heavy atom. The molecule has 82 valence electrons. The van der Waals surface area contributed by atoms with E-state index in [1.165, 1.54) is 32.1 Å². The lowest BCUT2D eigenvalue weighted by atomic mass is 9.89. The van der Waals surface area contributed by atoms with Crippen LogP contribution in [-0.4, -0.2) is 25.5 Å². The summed E-state index contributed by atoms with van der Waals surface area (Å²) in [7, 11) is 1.68. The minimum absolute atomic E-state index is 0.0538. The van der Waals surface area contributed by atoms with Gasteiger partial charge in [-0.15, -0.1) is 0 Å². The molecular weight excluding hydrogens is 176 g/mol. The van der Waals surface area contributed by atoms with Crippen LogP contribution in [0, 0.1) is 5.92 Å². The summed E-state index contributed by atoms with van der Waals surface area (Å²) in [4.78, 5) is 11.2. The van der Waals surface area contributed by atoms with E-state index < -0.39 is 0 Å². The van der Waals surface area contributed by atoms with Crippen LogP contribution in [0.15, 0.2) is 0 Å². The largest absolute Gasteiger partial charge is 0.358 e. The number of carbonyl (C=O) groups is 1. The van der Waals surface area contributed by atoms with Gasteiger partial charge in [0.2, 0.25) is 5.91 Å². The van der Waals surface area contributed by atoms with Gasteiger partial charge in [-0.05, 0) is 32.2 Å². The third-order valence-electron chi connectivity index (χ3n) is 3.08. The van der Waals surface area contributed by atoms with Gasteiger partial charge < -0.3 is 10.6 Å². The second-order valence-electron chi connectivity index (χ2n) is 4.25. The van der Waals surface area contributed by atoms with Crippen molar-refractivity contribution in [2.45, 2.75) is 45.1 Å². The number of rotatable bonds is 4. The highest BCUT2D eigenvalue weighted by Gasteiger charge is 2.16. The second-order valence-corrected chi connectivity index (χ2v) is 4.25. The van der Waals surface area contributed by atoms with Gasteiger partial charge in [0, 0.05) is 7.05 Å². The molecular formula is C11H22N2O. The first-order valence-electron chi connectivity index (χ1n) is 5.69. The van der Waals surface area contributed by atoms with Crippen LogP contribution in [0.2, 0.25) is 0 Å². The lowest BCUT2D eigenvalue weighted by Crippen LogP contribution is -2.42. The van der Waals surface area contributed by atoms with Crippen LogP contribution in [-0.2, 0) is 4.79 Å². The van der Waals surface area contributed by atoms with Gasteiger partial charge in [-0.1, -0.05) is 19.3 Å². The molecule has 0 heterocycles. The second kappa shape index (κ2) is 6.02. The third kappa shape index (κ3) is 3.66. The molecule has 3 heteroatoms. The van der Waals surface area contributed by atoms with E-state index in [1.54, 1.807) is 7.05 Å². The Hall–Kier alpha value is -0.570. The lowest BCUT2D eigenvalue weighted by Gasteiger charge is -2.23. The molecule has 0 unspecified atom stereocenters. The van der Waals surface area contributed by atoms with Gasteiger partial charge in [0.15, 0.2) is 0 Å². The zero-order valence-electron chi connectivity index (χ0n) is 9.31. The van der Waals surface area contributed by atoms with Crippen LogP contribution in [0.3, 0.4) is 0 Å². The van der Waals surface area contributed by atoms with Crippen LogP contribution in [0.25, 0.3) is 0 Å². The smallest absolute Gasteiger partial charge is 0.236 e. The summed E-state index contributed by atoms with van der Waals surface area (Å²) in [6.07, 6.45) is 6.77. The van der Waals surface area contributed by atoms with Crippen molar-refractivity contribution < 1.29 is 4.79 Å². The van der Waals surface area contributed by atoms with Crippen LogP contribution in [0.1, 0.15) is 39.0 Å². The van der Waals surface area contributed by atoms with E-state index >= 15 is 0 Å². The van der Waals surface area contributed by atoms with E-state index in [0.29, 0.717) is 0 Å². The number of amides is 1. The quantitative estimate of drug-likeness (QED) is 0.714. The highest BCUT2D eigenvalue weighted by atomic mass is 16.2. The lowest BCUT2D eigenvalue weighted by molar-refractivity contribution is -0.122. The zero-order valence-corrected chi connectivity index (χ0v) is 9.31. The minimum atomic E-state index is -0.0538. The third-order valence-corrected chi connectivity index (χ3v) is 3.08. The molecule has 0 spiro atoms. The molecule has 3 nitrogen and oxygen atoms in total. The minimum Gasteiger partial charge on any atom is -0.358 e. The van der Waals surface area contributed by atoms with E-state index in [9.17, 15) is 4.79 Å². The average Bonchev–Trinajstić information content (AvgIpc) is 2.26. The van der Waals surface area contributed by atoms with Crippen molar-refractivity contribution in [3.05, 3.63) is 0 Å². The van der Waals surface area contributed by atoms with Crippen molar-refractivity contribution in [3.63, 3.8) is 0 Å². The summed E-state index contributed by atoms with van der Waals surface area (Å²) in [5, 5.41) is 5.94. The molecule has 0 bridgehead atoms. The Kier molecular flexibility index (Phi) is 4.94. The first kappa shape index (κ1) is 11.5. The summed E-state index contributed by atoms with van der Waals surface area (Å²) < 4.78 is 0. The van der Waals surface area contributed by atoms with Gasteiger partial charge in [0.1, 0.15) is 0 Å². The number of hydrogen-bond donors (Lipinski definition) is 2. The summed E-state index contributed by atoms with van der Waals surface area (Å²) in [6, 6.07) is -0.0538. The number of nitrogens with one attached hydrogen (secondary N) is 2. The first-order chi connectivity index (χ1) is 6.74. The van der Waals surface area contributed by atoms with E-state index in [2.05, 4.69) is 10.6 Å². The van der Waals surface area contributed by atoms with Gasteiger partial charge in [-0.25, -0.2) is 0 Å². The fraction of sp³-hybridized carbons (Fsp3) is 0.909. The van der Waals surface area contributed by atoms with Crippen molar-refractivity contribution >= 4 is 5.91 Å². The van der Waals surface area contributed by atoms with E-state index in [0.717, 1.165) is 12.5 Å². The zero-order chi connectivity index (χ0) is 10.4. The van der Waals surface area contributed by atoms with Crippen LogP contribution >= 0.6 is 0 Å². The molecule has 0 radical (unpaired) electrons. The first-order valence-corrected chi connectivity index (χ1v) is 5.69. The average molecular weight is 198 g/mol. The predicted octanol–water partition coefficient (Wildman–Crippen LogP) is 1.29. The molecule has 1 aliphatic rings.